The summed E-state index contributed by atoms with van der Waals surface area (Å²) in [5, 5.41) is 2.84. The largest absolute Gasteiger partial charge is 0.322 e. The van der Waals surface area contributed by atoms with E-state index in [-0.39, 0.29) is 10.8 Å². The van der Waals surface area contributed by atoms with E-state index in [1.165, 1.54) is 4.31 Å². The van der Waals surface area contributed by atoms with E-state index in [2.05, 4.69) is 10.2 Å². The number of hydrogen-bond donors (Lipinski definition) is 1. The number of sulfonamides is 2. The van der Waals surface area contributed by atoms with Crippen molar-refractivity contribution in [3.63, 3.8) is 0 Å². The fraction of sp³-hybridized carbons (Fsp3) is 0.367. The number of nitrogens with one attached hydrogen (secondary N) is 1. The molecule has 0 unspecified atom stereocenters. The molecule has 3 aromatic carbocycles. The van der Waals surface area contributed by atoms with E-state index in [9.17, 15) is 21.6 Å². The Morgan fingerprint density at radius 2 is 1.15 bits per heavy atom. The van der Waals surface area contributed by atoms with Crippen LogP contribution in [-0.2, 0) is 26.6 Å². The van der Waals surface area contributed by atoms with Gasteiger partial charge in [-0.1, -0.05) is 43.2 Å². The van der Waals surface area contributed by atoms with Crippen LogP contribution in [-0.4, -0.2) is 75.5 Å². The molecule has 0 bridgehead atoms. The molecule has 41 heavy (non-hydrogen) atoms. The number of carbonyl (C=O) groups excluding carboxylic acids is 1. The van der Waals surface area contributed by atoms with Crippen molar-refractivity contribution >= 4 is 31.6 Å². The Kier molecular flexibility index (Phi) is 9.20. The zero-order valence-electron chi connectivity index (χ0n) is 23.0. The van der Waals surface area contributed by atoms with Crippen molar-refractivity contribution < 1.29 is 21.6 Å². The maximum absolute atomic E-state index is 13.0. The summed E-state index contributed by atoms with van der Waals surface area (Å²) in [6.07, 6.45) is 3.86. The third kappa shape index (κ3) is 7.04. The minimum absolute atomic E-state index is 0.236. The molecular formula is C30H36N4O5S2. The number of hydrogen-bond acceptors (Lipinski definition) is 6. The van der Waals surface area contributed by atoms with E-state index in [1.807, 2.05) is 12.1 Å². The maximum atomic E-state index is 13.0. The first kappa shape index (κ1) is 29.4. The Labute approximate surface area is 242 Å². The van der Waals surface area contributed by atoms with Crippen LogP contribution in [0.2, 0.25) is 0 Å². The number of nitrogens with zero attached hydrogens (tertiary/aromatic N) is 3. The van der Waals surface area contributed by atoms with Gasteiger partial charge in [0.2, 0.25) is 20.0 Å². The second kappa shape index (κ2) is 12.8. The minimum Gasteiger partial charge on any atom is -0.322 e. The molecule has 2 saturated heterocycles. The summed E-state index contributed by atoms with van der Waals surface area (Å²) < 4.78 is 54.8. The number of carbonyl (C=O) groups is 1. The van der Waals surface area contributed by atoms with Gasteiger partial charge in [-0.2, -0.15) is 8.61 Å². The van der Waals surface area contributed by atoms with Crippen LogP contribution in [0.3, 0.4) is 0 Å². The number of piperazine rings is 1. The second-order valence-electron chi connectivity index (χ2n) is 10.5. The van der Waals surface area contributed by atoms with Crippen LogP contribution in [0, 0.1) is 0 Å². The van der Waals surface area contributed by atoms with Crippen molar-refractivity contribution in [2.75, 3.05) is 44.6 Å². The van der Waals surface area contributed by atoms with E-state index in [0.29, 0.717) is 62.0 Å². The Morgan fingerprint density at radius 3 is 1.73 bits per heavy atom. The standard InChI is InChI=1S/C30H36N4O5S2/c35-30(31-27-14-16-29(17-15-27)41(38,39)33-18-6-1-2-7-19-33)26-12-10-25(11-13-26)24-32-20-22-34(23-21-32)40(36,37)28-8-4-3-5-9-28/h3-5,8-17H,1-2,6-7,18-24H2,(H,31,35). The summed E-state index contributed by atoms with van der Waals surface area (Å²) in [6.45, 7) is 3.85. The SMILES string of the molecule is O=C(Nc1ccc(S(=O)(=O)N2CCCCCC2)cc1)c1ccc(CN2CCN(S(=O)(=O)c3ccccc3)CC2)cc1. The van der Waals surface area contributed by atoms with Crippen molar-refractivity contribution in [3.05, 3.63) is 90.0 Å². The molecule has 2 heterocycles. The lowest BCUT2D eigenvalue weighted by atomic mass is 10.1. The molecule has 0 aromatic heterocycles. The molecular weight excluding hydrogens is 560 g/mol. The van der Waals surface area contributed by atoms with Crippen LogP contribution in [0.4, 0.5) is 5.69 Å². The van der Waals surface area contributed by atoms with Crippen LogP contribution in [0.1, 0.15) is 41.6 Å². The summed E-state index contributed by atoms with van der Waals surface area (Å²) >= 11 is 0. The Hall–Kier alpha value is -3.09. The van der Waals surface area contributed by atoms with Gasteiger partial charge in [-0.3, -0.25) is 9.69 Å². The third-order valence-electron chi connectivity index (χ3n) is 7.65. The highest BCUT2D eigenvalue weighted by molar-refractivity contribution is 7.89. The number of amides is 1. The average Bonchev–Trinajstić information content (AvgIpc) is 3.29. The monoisotopic (exact) mass is 596 g/mol. The van der Waals surface area contributed by atoms with E-state index in [0.717, 1.165) is 31.2 Å². The second-order valence-corrected chi connectivity index (χ2v) is 14.4. The number of benzene rings is 3. The van der Waals surface area contributed by atoms with Crippen LogP contribution in [0.5, 0.6) is 0 Å². The molecule has 0 aliphatic carbocycles. The van der Waals surface area contributed by atoms with Gasteiger partial charge in [0.15, 0.2) is 0 Å². The fourth-order valence-electron chi connectivity index (χ4n) is 5.23. The normalized spacial score (nSPS) is 18.0. The van der Waals surface area contributed by atoms with E-state index in [4.69, 9.17) is 0 Å². The first-order valence-corrected chi connectivity index (χ1v) is 16.9. The highest BCUT2D eigenvalue weighted by atomic mass is 32.2. The molecule has 9 nitrogen and oxygen atoms in total. The summed E-state index contributed by atoms with van der Waals surface area (Å²) in [5.41, 5.74) is 2.05. The van der Waals surface area contributed by atoms with E-state index >= 15 is 0 Å². The lowest BCUT2D eigenvalue weighted by Crippen LogP contribution is -2.48. The molecule has 2 aliphatic rings. The molecule has 0 radical (unpaired) electrons. The summed E-state index contributed by atoms with van der Waals surface area (Å²) in [6, 6.07) is 22.2. The van der Waals surface area contributed by atoms with Gasteiger partial charge in [0.25, 0.3) is 5.91 Å². The quantitative estimate of drug-likeness (QED) is 0.421. The van der Waals surface area contributed by atoms with Gasteiger partial charge in [0, 0.05) is 57.1 Å². The van der Waals surface area contributed by atoms with Gasteiger partial charge < -0.3 is 5.32 Å². The fourth-order valence-corrected chi connectivity index (χ4v) is 8.19. The van der Waals surface area contributed by atoms with Gasteiger partial charge in [0.1, 0.15) is 0 Å². The summed E-state index contributed by atoms with van der Waals surface area (Å²) in [4.78, 5) is 15.6. The van der Waals surface area contributed by atoms with Crippen molar-refractivity contribution in [1.29, 1.82) is 0 Å². The number of anilines is 1. The molecule has 0 saturated carbocycles. The molecule has 11 heteroatoms. The summed E-state index contributed by atoms with van der Waals surface area (Å²) in [5.74, 6) is -0.278. The van der Waals surface area contributed by atoms with Gasteiger partial charge in [-0.15, -0.1) is 0 Å². The predicted octanol–water partition coefficient (Wildman–Crippen LogP) is 4.01. The number of rotatable bonds is 8. The zero-order valence-corrected chi connectivity index (χ0v) is 24.6. The van der Waals surface area contributed by atoms with Gasteiger partial charge in [0.05, 0.1) is 9.79 Å². The smallest absolute Gasteiger partial charge is 0.255 e. The van der Waals surface area contributed by atoms with Crippen molar-refractivity contribution in [2.45, 2.75) is 42.0 Å². The molecule has 1 N–H and O–H groups in total. The molecule has 2 aliphatic heterocycles. The Morgan fingerprint density at radius 1 is 0.610 bits per heavy atom. The molecule has 1 amide bonds. The molecule has 0 atom stereocenters. The Bertz CT molecular complexity index is 1530. The maximum Gasteiger partial charge on any atom is 0.255 e. The van der Waals surface area contributed by atoms with Crippen LogP contribution < -0.4 is 5.32 Å². The van der Waals surface area contributed by atoms with E-state index < -0.39 is 20.0 Å². The highest BCUT2D eigenvalue weighted by Gasteiger charge is 2.28. The molecule has 5 rings (SSSR count). The topological polar surface area (TPSA) is 107 Å². The lowest BCUT2D eigenvalue weighted by Gasteiger charge is -2.34. The Balaban J connectivity index is 1.13. The van der Waals surface area contributed by atoms with Crippen LogP contribution >= 0.6 is 0 Å². The van der Waals surface area contributed by atoms with E-state index in [1.54, 1.807) is 71.0 Å². The predicted molar refractivity (Wildman–Crippen MR) is 159 cm³/mol. The first-order chi connectivity index (χ1) is 19.7. The van der Waals surface area contributed by atoms with Gasteiger partial charge in [-0.25, -0.2) is 16.8 Å². The van der Waals surface area contributed by atoms with Crippen molar-refractivity contribution in [2.24, 2.45) is 0 Å². The molecule has 0 spiro atoms. The summed E-state index contributed by atoms with van der Waals surface area (Å²) in [7, 11) is -7.02. The first-order valence-electron chi connectivity index (χ1n) is 14.0. The molecule has 3 aromatic rings. The van der Waals surface area contributed by atoms with Crippen LogP contribution in [0.15, 0.2) is 88.7 Å². The highest BCUT2D eigenvalue weighted by Crippen LogP contribution is 2.23. The van der Waals surface area contributed by atoms with Crippen LogP contribution in [0.25, 0.3) is 0 Å². The molecule has 218 valence electrons. The van der Waals surface area contributed by atoms with Gasteiger partial charge >= 0.3 is 0 Å². The third-order valence-corrected chi connectivity index (χ3v) is 11.5. The minimum atomic E-state index is -3.54. The molecule has 2 fully saturated rings. The average molecular weight is 597 g/mol. The zero-order chi connectivity index (χ0) is 28.9. The lowest BCUT2D eigenvalue weighted by molar-refractivity contribution is 0.102. The van der Waals surface area contributed by atoms with Crippen molar-refractivity contribution in [3.8, 4) is 0 Å². The van der Waals surface area contributed by atoms with Crippen molar-refractivity contribution in [1.82, 2.24) is 13.5 Å². The van der Waals surface area contributed by atoms with Gasteiger partial charge in [-0.05, 0) is 66.9 Å².